The highest BCUT2D eigenvalue weighted by molar-refractivity contribution is 8.00. The molecular formula is C15H19F3N2O2S. The Hall–Kier alpha value is -1.41. The number of hydrogen-bond donors (Lipinski definition) is 0. The number of alkyl halides is 3. The first-order chi connectivity index (χ1) is 10.8. The van der Waals surface area contributed by atoms with E-state index in [0.717, 1.165) is 31.9 Å². The van der Waals surface area contributed by atoms with E-state index in [0.29, 0.717) is 13.2 Å². The van der Waals surface area contributed by atoms with Gasteiger partial charge in [-0.15, -0.1) is 0 Å². The van der Waals surface area contributed by atoms with Gasteiger partial charge in [-0.3, -0.25) is 9.69 Å². The molecule has 0 bridgehead atoms. The van der Waals surface area contributed by atoms with Crippen molar-refractivity contribution in [3.05, 3.63) is 24.3 Å². The second kappa shape index (κ2) is 7.92. The van der Waals surface area contributed by atoms with Gasteiger partial charge in [0.2, 0.25) is 0 Å². The zero-order valence-corrected chi connectivity index (χ0v) is 13.6. The second-order valence-corrected chi connectivity index (χ2v) is 6.35. The molecule has 1 saturated heterocycles. The third-order valence-corrected chi connectivity index (χ3v) is 4.22. The van der Waals surface area contributed by atoms with E-state index in [4.69, 9.17) is 4.74 Å². The summed E-state index contributed by atoms with van der Waals surface area (Å²) in [6, 6.07) is 6.52. The van der Waals surface area contributed by atoms with Gasteiger partial charge >= 0.3 is 11.5 Å². The van der Waals surface area contributed by atoms with Gasteiger partial charge in [0.1, 0.15) is 6.61 Å². The molecule has 0 N–H and O–H groups in total. The maximum absolute atomic E-state index is 12.4. The van der Waals surface area contributed by atoms with E-state index in [2.05, 4.69) is 9.80 Å². The maximum atomic E-state index is 12.4. The summed E-state index contributed by atoms with van der Waals surface area (Å²) in [7, 11) is 0. The van der Waals surface area contributed by atoms with Gasteiger partial charge in [-0.05, 0) is 30.0 Å². The number of halogens is 3. The van der Waals surface area contributed by atoms with Crippen LogP contribution < -0.4 is 4.90 Å². The van der Waals surface area contributed by atoms with Crippen molar-refractivity contribution in [2.75, 3.05) is 44.2 Å². The van der Waals surface area contributed by atoms with Crippen molar-refractivity contribution < 1.29 is 22.7 Å². The average molecular weight is 348 g/mol. The van der Waals surface area contributed by atoms with Crippen LogP contribution in [0.3, 0.4) is 0 Å². The van der Waals surface area contributed by atoms with Crippen LogP contribution in [0.5, 0.6) is 0 Å². The first-order valence-electron chi connectivity index (χ1n) is 7.30. The predicted octanol–water partition coefficient (Wildman–Crippen LogP) is 2.98. The summed E-state index contributed by atoms with van der Waals surface area (Å²) in [6.07, 6.45) is 0. The highest BCUT2D eigenvalue weighted by atomic mass is 32.2. The zero-order chi connectivity index (χ0) is 16.9. The maximum Gasteiger partial charge on any atom is 0.446 e. The first-order valence-corrected chi connectivity index (χ1v) is 8.11. The molecule has 128 valence electrons. The SMILES string of the molecule is CC(=O)OCCN1CCN(c2cccc(SC(F)(F)F)c2)CC1. The fourth-order valence-corrected chi connectivity index (χ4v) is 3.02. The molecule has 1 aromatic rings. The Morgan fingerprint density at radius 3 is 2.57 bits per heavy atom. The summed E-state index contributed by atoms with van der Waals surface area (Å²) in [6.45, 7) is 5.48. The molecule has 0 saturated carbocycles. The van der Waals surface area contributed by atoms with Crippen LogP contribution in [0.15, 0.2) is 29.2 Å². The van der Waals surface area contributed by atoms with E-state index in [1.165, 1.54) is 13.0 Å². The van der Waals surface area contributed by atoms with Gasteiger partial charge in [-0.25, -0.2) is 0 Å². The van der Waals surface area contributed by atoms with Gasteiger partial charge in [0, 0.05) is 50.2 Å². The zero-order valence-electron chi connectivity index (χ0n) is 12.8. The summed E-state index contributed by atoms with van der Waals surface area (Å²) < 4.78 is 42.3. The molecule has 1 fully saturated rings. The third kappa shape index (κ3) is 6.31. The Bertz CT molecular complexity index is 532. The number of ether oxygens (including phenoxy) is 1. The molecule has 8 heteroatoms. The number of piperazine rings is 1. The molecule has 0 spiro atoms. The number of thioether (sulfide) groups is 1. The molecule has 0 radical (unpaired) electrons. The number of rotatable bonds is 5. The summed E-state index contributed by atoms with van der Waals surface area (Å²) in [5.41, 5.74) is -3.47. The topological polar surface area (TPSA) is 32.8 Å². The molecular weight excluding hydrogens is 329 g/mol. The van der Waals surface area contributed by atoms with Crippen molar-refractivity contribution in [2.24, 2.45) is 0 Å². The molecule has 1 aliphatic rings. The number of benzene rings is 1. The van der Waals surface area contributed by atoms with Crippen LogP contribution in [0.2, 0.25) is 0 Å². The number of carbonyl (C=O) groups is 1. The summed E-state index contributed by atoms with van der Waals surface area (Å²) >= 11 is -0.0923. The van der Waals surface area contributed by atoms with Gasteiger partial charge in [0.25, 0.3) is 0 Å². The molecule has 1 heterocycles. The molecule has 0 aromatic heterocycles. The molecule has 2 rings (SSSR count). The van der Waals surface area contributed by atoms with Crippen molar-refractivity contribution in [1.29, 1.82) is 0 Å². The average Bonchev–Trinajstić information content (AvgIpc) is 2.46. The van der Waals surface area contributed by atoms with E-state index >= 15 is 0 Å². The Morgan fingerprint density at radius 1 is 1.26 bits per heavy atom. The van der Waals surface area contributed by atoms with Crippen LogP contribution in [0, 0.1) is 0 Å². The number of carbonyl (C=O) groups excluding carboxylic acids is 1. The van der Waals surface area contributed by atoms with E-state index in [1.54, 1.807) is 12.1 Å². The molecule has 0 aliphatic carbocycles. The standard InChI is InChI=1S/C15H19F3N2O2S/c1-12(21)22-10-9-19-5-7-20(8-6-19)13-3-2-4-14(11-13)23-15(16,17)18/h2-4,11H,5-10H2,1H3. The highest BCUT2D eigenvalue weighted by Crippen LogP contribution is 2.38. The molecule has 23 heavy (non-hydrogen) atoms. The minimum absolute atomic E-state index is 0.0923. The lowest BCUT2D eigenvalue weighted by molar-refractivity contribution is -0.141. The molecule has 1 aliphatic heterocycles. The molecule has 0 atom stereocenters. The van der Waals surface area contributed by atoms with Crippen LogP contribution in [-0.2, 0) is 9.53 Å². The molecule has 0 amide bonds. The minimum Gasteiger partial charge on any atom is -0.465 e. The number of esters is 1. The fraction of sp³-hybridized carbons (Fsp3) is 0.533. The molecule has 0 unspecified atom stereocenters. The predicted molar refractivity (Wildman–Crippen MR) is 83.6 cm³/mol. The van der Waals surface area contributed by atoms with Gasteiger partial charge in [-0.1, -0.05) is 6.07 Å². The summed E-state index contributed by atoms with van der Waals surface area (Å²) in [5, 5.41) is 0. The lowest BCUT2D eigenvalue weighted by Gasteiger charge is -2.36. The Labute approximate surface area is 137 Å². The van der Waals surface area contributed by atoms with Gasteiger partial charge in [0.05, 0.1) is 0 Å². The second-order valence-electron chi connectivity index (χ2n) is 5.21. The van der Waals surface area contributed by atoms with Crippen LogP contribution >= 0.6 is 11.8 Å². The van der Waals surface area contributed by atoms with Crippen molar-refractivity contribution in [3.63, 3.8) is 0 Å². The molecule has 1 aromatic carbocycles. The monoisotopic (exact) mass is 348 g/mol. The largest absolute Gasteiger partial charge is 0.465 e. The Kier molecular flexibility index (Phi) is 6.17. The van der Waals surface area contributed by atoms with E-state index in [9.17, 15) is 18.0 Å². The summed E-state index contributed by atoms with van der Waals surface area (Å²) in [5.74, 6) is -0.289. The number of hydrogen-bond acceptors (Lipinski definition) is 5. The van der Waals surface area contributed by atoms with Gasteiger partial charge in [-0.2, -0.15) is 13.2 Å². The lowest BCUT2D eigenvalue weighted by Crippen LogP contribution is -2.47. The van der Waals surface area contributed by atoms with Crippen LogP contribution in [0.1, 0.15) is 6.92 Å². The van der Waals surface area contributed by atoms with Gasteiger partial charge in [0.15, 0.2) is 0 Å². The third-order valence-electron chi connectivity index (χ3n) is 3.50. The van der Waals surface area contributed by atoms with Crippen molar-refractivity contribution in [2.45, 2.75) is 17.3 Å². The minimum atomic E-state index is -4.27. The highest BCUT2D eigenvalue weighted by Gasteiger charge is 2.29. The van der Waals surface area contributed by atoms with Crippen LogP contribution in [0.25, 0.3) is 0 Å². The van der Waals surface area contributed by atoms with Gasteiger partial charge < -0.3 is 9.64 Å². The number of anilines is 1. The van der Waals surface area contributed by atoms with E-state index < -0.39 is 5.51 Å². The van der Waals surface area contributed by atoms with E-state index in [1.807, 2.05) is 6.07 Å². The Morgan fingerprint density at radius 2 is 1.96 bits per heavy atom. The van der Waals surface area contributed by atoms with Crippen molar-refractivity contribution in [1.82, 2.24) is 4.90 Å². The number of nitrogens with zero attached hydrogens (tertiary/aromatic N) is 2. The fourth-order valence-electron chi connectivity index (χ4n) is 2.43. The van der Waals surface area contributed by atoms with Crippen LogP contribution in [-0.4, -0.2) is 55.7 Å². The lowest BCUT2D eigenvalue weighted by atomic mass is 10.2. The van der Waals surface area contributed by atoms with E-state index in [-0.39, 0.29) is 22.6 Å². The smallest absolute Gasteiger partial charge is 0.446 e. The molecule has 4 nitrogen and oxygen atoms in total. The quantitative estimate of drug-likeness (QED) is 0.603. The normalized spacial score (nSPS) is 16.4. The first kappa shape index (κ1) is 17.9. The summed E-state index contributed by atoms with van der Waals surface area (Å²) in [4.78, 5) is 15.2. The Balaban J connectivity index is 1.85. The van der Waals surface area contributed by atoms with Crippen molar-refractivity contribution >= 4 is 23.4 Å². The van der Waals surface area contributed by atoms with Crippen LogP contribution in [0.4, 0.5) is 18.9 Å². The van der Waals surface area contributed by atoms with Crippen molar-refractivity contribution in [3.8, 4) is 0 Å².